The number of aryl methyl sites for hydroxylation is 1. The van der Waals surface area contributed by atoms with Gasteiger partial charge in [-0.05, 0) is 37.2 Å². The maximum Gasteiger partial charge on any atom is 0.270 e. The number of carbonyl (C=O) groups is 1. The monoisotopic (exact) mass is 400 g/mol. The van der Waals surface area contributed by atoms with Crippen molar-refractivity contribution in [3.63, 3.8) is 0 Å². The maximum atomic E-state index is 12.9. The number of nitrogens with zero attached hydrogens (tertiary/aromatic N) is 1. The number of anilines is 1. The van der Waals surface area contributed by atoms with E-state index in [4.69, 9.17) is 5.73 Å². The first kappa shape index (κ1) is 19.9. The molecular formula is C20H24N4O3S. The molecule has 0 saturated heterocycles. The molecule has 0 saturated carbocycles. The molecule has 0 atom stereocenters. The van der Waals surface area contributed by atoms with Crippen molar-refractivity contribution >= 4 is 32.5 Å². The van der Waals surface area contributed by atoms with Crippen LogP contribution in [0.2, 0.25) is 0 Å². The van der Waals surface area contributed by atoms with E-state index in [1.807, 2.05) is 35.8 Å². The van der Waals surface area contributed by atoms with Gasteiger partial charge in [0.15, 0.2) is 0 Å². The predicted octanol–water partition coefficient (Wildman–Crippen LogP) is 2.47. The molecule has 1 amide bonds. The molecule has 0 bridgehead atoms. The van der Waals surface area contributed by atoms with Crippen molar-refractivity contribution in [2.45, 2.75) is 31.3 Å². The lowest BCUT2D eigenvalue weighted by Crippen LogP contribution is -2.26. The molecule has 1 heterocycles. The molecule has 0 fully saturated rings. The summed E-state index contributed by atoms with van der Waals surface area (Å²) in [7, 11) is -2.11. The Morgan fingerprint density at radius 3 is 2.43 bits per heavy atom. The Kier molecular flexibility index (Phi) is 5.71. The number of sulfonamides is 1. The molecule has 28 heavy (non-hydrogen) atoms. The van der Waals surface area contributed by atoms with Crippen LogP contribution in [0.1, 0.15) is 29.4 Å². The van der Waals surface area contributed by atoms with Gasteiger partial charge >= 0.3 is 0 Å². The van der Waals surface area contributed by atoms with Crippen LogP contribution >= 0.6 is 0 Å². The first-order valence-corrected chi connectivity index (χ1v) is 10.5. The zero-order valence-electron chi connectivity index (χ0n) is 15.9. The topological polar surface area (TPSA) is 106 Å². The number of nitrogens with two attached hydrogens (primary N) is 1. The lowest BCUT2D eigenvalue weighted by Gasteiger charge is -2.11. The zero-order valence-corrected chi connectivity index (χ0v) is 16.7. The summed E-state index contributed by atoms with van der Waals surface area (Å²) in [5.41, 5.74) is 8.92. The lowest BCUT2D eigenvalue weighted by molar-refractivity contribution is 0.0943. The third-order valence-electron chi connectivity index (χ3n) is 4.63. The SMILES string of the molecule is CCCn1c(C(=O)NCc2ccc(S(=O)(=O)NC)cc2)c(N)c2ccccc21. The molecule has 1 aromatic heterocycles. The van der Waals surface area contributed by atoms with E-state index in [1.165, 1.54) is 19.2 Å². The number of amides is 1. The van der Waals surface area contributed by atoms with Crippen molar-refractivity contribution in [2.75, 3.05) is 12.8 Å². The summed E-state index contributed by atoms with van der Waals surface area (Å²) in [6.45, 7) is 3.01. The number of benzene rings is 2. The Balaban J connectivity index is 1.82. The normalized spacial score (nSPS) is 11.6. The zero-order chi connectivity index (χ0) is 20.3. The number of aromatic nitrogens is 1. The second kappa shape index (κ2) is 8.04. The average molecular weight is 401 g/mol. The van der Waals surface area contributed by atoms with Gasteiger partial charge in [-0.25, -0.2) is 13.1 Å². The van der Waals surface area contributed by atoms with Crippen LogP contribution in [0.15, 0.2) is 53.4 Å². The summed E-state index contributed by atoms with van der Waals surface area (Å²) in [5.74, 6) is -0.255. The van der Waals surface area contributed by atoms with E-state index >= 15 is 0 Å². The van der Waals surface area contributed by atoms with Crippen molar-refractivity contribution in [2.24, 2.45) is 0 Å². The molecule has 4 N–H and O–H groups in total. The molecule has 0 radical (unpaired) electrons. The first-order chi connectivity index (χ1) is 13.4. The number of fused-ring (bicyclic) bond motifs is 1. The first-order valence-electron chi connectivity index (χ1n) is 9.06. The smallest absolute Gasteiger partial charge is 0.270 e. The summed E-state index contributed by atoms with van der Waals surface area (Å²) < 4.78 is 27.8. The minimum Gasteiger partial charge on any atom is -0.396 e. The van der Waals surface area contributed by atoms with Crippen molar-refractivity contribution in [3.8, 4) is 0 Å². The van der Waals surface area contributed by atoms with Crippen LogP contribution in [-0.4, -0.2) is 25.9 Å². The number of para-hydroxylation sites is 1. The van der Waals surface area contributed by atoms with Gasteiger partial charge in [-0.3, -0.25) is 4.79 Å². The predicted molar refractivity (Wildman–Crippen MR) is 110 cm³/mol. The Morgan fingerprint density at radius 1 is 1.11 bits per heavy atom. The van der Waals surface area contributed by atoms with Crippen LogP contribution in [0.5, 0.6) is 0 Å². The van der Waals surface area contributed by atoms with E-state index in [0.29, 0.717) is 17.9 Å². The van der Waals surface area contributed by atoms with Gasteiger partial charge in [-0.1, -0.05) is 37.3 Å². The number of hydrogen-bond acceptors (Lipinski definition) is 4. The minimum absolute atomic E-state index is 0.178. The summed E-state index contributed by atoms with van der Waals surface area (Å²) >= 11 is 0. The second-order valence-corrected chi connectivity index (χ2v) is 8.35. The number of nitrogens with one attached hydrogen (secondary N) is 2. The van der Waals surface area contributed by atoms with Gasteiger partial charge in [-0.2, -0.15) is 0 Å². The molecule has 3 aromatic rings. The van der Waals surface area contributed by atoms with E-state index in [-0.39, 0.29) is 17.3 Å². The molecule has 148 valence electrons. The molecule has 0 aliphatic heterocycles. The fourth-order valence-electron chi connectivity index (χ4n) is 3.20. The molecule has 0 aliphatic carbocycles. The third-order valence-corrected chi connectivity index (χ3v) is 6.06. The Bertz CT molecular complexity index is 1100. The van der Waals surface area contributed by atoms with Crippen LogP contribution in [-0.2, 0) is 23.1 Å². The van der Waals surface area contributed by atoms with Crippen molar-refractivity contribution in [1.29, 1.82) is 0 Å². The maximum absolute atomic E-state index is 12.9. The van der Waals surface area contributed by atoms with Crippen LogP contribution in [0.25, 0.3) is 10.9 Å². The summed E-state index contributed by atoms with van der Waals surface area (Å²) in [4.78, 5) is 13.0. The number of carbonyl (C=O) groups excluding carboxylic acids is 1. The molecule has 2 aromatic carbocycles. The largest absolute Gasteiger partial charge is 0.396 e. The Labute approximate surface area is 164 Å². The highest BCUT2D eigenvalue weighted by Crippen LogP contribution is 2.28. The van der Waals surface area contributed by atoms with E-state index in [0.717, 1.165) is 22.9 Å². The Morgan fingerprint density at radius 2 is 1.79 bits per heavy atom. The van der Waals surface area contributed by atoms with Crippen LogP contribution in [0, 0.1) is 0 Å². The molecular weight excluding hydrogens is 376 g/mol. The average Bonchev–Trinajstić information content (AvgIpc) is 2.99. The van der Waals surface area contributed by atoms with E-state index < -0.39 is 10.0 Å². The molecule has 0 aliphatic rings. The minimum atomic E-state index is -3.48. The van der Waals surface area contributed by atoms with Crippen LogP contribution in [0.4, 0.5) is 5.69 Å². The van der Waals surface area contributed by atoms with Crippen LogP contribution < -0.4 is 15.8 Å². The van der Waals surface area contributed by atoms with Gasteiger partial charge in [0.1, 0.15) is 5.69 Å². The molecule has 3 rings (SSSR count). The van der Waals surface area contributed by atoms with Crippen molar-refractivity contribution < 1.29 is 13.2 Å². The van der Waals surface area contributed by atoms with Gasteiger partial charge in [-0.15, -0.1) is 0 Å². The highest BCUT2D eigenvalue weighted by Gasteiger charge is 2.20. The number of nitrogen functional groups attached to an aromatic ring is 1. The fraction of sp³-hybridized carbons (Fsp3) is 0.250. The van der Waals surface area contributed by atoms with Gasteiger partial charge in [0.25, 0.3) is 5.91 Å². The summed E-state index contributed by atoms with van der Waals surface area (Å²) in [5, 5.41) is 3.75. The third kappa shape index (κ3) is 3.74. The van der Waals surface area contributed by atoms with Gasteiger partial charge in [0.05, 0.1) is 16.1 Å². The van der Waals surface area contributed by atoms with Gasteiger partial charge in [0.2, 0.25) is 10.0 Å². The van der Waals surface area contributed by atoms with E-state index in [2.05, 4.69) is 10.0 Å². The lowest BCUT2D eigenvalue weighted by atomic mass is 10.2. The summed E-state index contributed by atoms with van der Waals surface area (Å²) in [6.07, 6.45) is 0.875. The Hall–Kier alpha value is -2.84. The van der Waals surface area contributed by atoms with Crippen LogP contribution in [0.3, 0.4) is 0 Å². The van der Waals surface area contributed by atoms with Gasteiger partial charge in [0, 0.05) is 18.5 Å². The molecule has 0 unspecified atom stereocenters. The molecule has 0 spiro atoms. The number of hydrogen-bond donors (Lipinski definition) is 3. The highest BCUT2D eigenvalue weighted by atomic mass is 32.2. The fourth-order valence-corrected chi connectivity index (χ4v) is 3.93. The van der Waals surface area contributed by atoms with Gasteiger partial charge < -0.3 is 15.6 Å². The quantitative estimate of drug-likeness (QED) is 0.566. The van der Waals surface area contributed by atoms with Crippen molar-refractivity contribution in [1.82, 2.24) is 14.6 Å². The van der Waals surface area contributed by atoms with Crippen molar-refractivity contribution in [3.05, 3.63) is 59.8 Å². The standard InChI is InChI=1S/C20H24N4O3S/c1-3-12-24-17-7-5-4-6-16(17)18(21)19(24)20(25)23-13-14-8-10-15(11-9-14)28(26,27)22-2/h4-11,22H,3,12-13,21H2,1-2H3,(H,23,25). The molecule has 8 heteroatoms. The van der Waals surface area contributed by atoms with E-state index in [1.54, 1.807) is 12.1 Å². The highest BCUT2D eigenvalue weighted by molar-refractivity contribution is 7.89. The molecule has 7 nitrogen and oxygen atoms in total. The summed E-state index contributed by atoms with van der Waals surface area (Å²) in [6, 6.07) is 14.1. The van der Waals surface area contributed by atoms with E-state index in [9.17, 15) is 13.2 Å². The second-order valence-electron chi connectivity index (χ2n) is 6.47. The number of rotatable bonds is 7.